The molecule has 0 N–H and O–H groups in total. The summed E-state index contributed by atoms with van der Waals surface area (Å²) < 4.78 is 15.2. The number of hydrogen-bond acceptors (Lipinski definition) is 3. The van der Waals surface area contributed by atoms with Crippen LogP contribution in [-0.4, -0.2) is 40.0 Å². The molecule has 0 unspecified atom stereocenters. The highest BCUT2D eigenvalue weighted by Crippen LogP contribution is 2.16. The van der Waals surface area contributed by atoms with Gasteiger partial charge in [-0.05, 0) is 31.8 Å². The first-order valence-corrected chi connectivity index (χ1v) is 7.26. The lowest BCUT2D eigenvalue weighted by atomic mass is 10.2. The molecule has 0 saturated carbocycles. The van der Waals surface area contributed by atoms with Gasteiger partial charge in [-0.25, -0.2) is 9.37 Å². The van der Waals surface area contributed by atoms with Gasteiger partial charge in [0.15, 0.2) is 0 Å². The van der Waals surface area contributed by atoms with Crippen molar-refractivity contribution >= 4 is 0 Å². The quantitative estimate of drug-likeness (QED) is 0.861. The van der Waals surface area contributed by atoms with Crippen molar-refractivity contribution < 1.29 is 4.39 Å². The lowest BCUT2D eigenvalue weighted by Gasteiger charge is -2.27. The maximum Gasteiger partial charge on any atom is 0.123 e. The van der Waals surface area contributed by atoms with Crippen LogP contribution in [0.15, 0.2) is 30.5 Å². The highest BCUT2D eigenvalue weighted by atomic mass is 19.1. The molecule has 1 aromatic carbocycles. The van der Waals surface area contributed by atoms with Crippen LogP contribution in [0.3, 0.4) is 0 Å². The fourth-order valence-corrected chi connectivity index (χ4v) is 2.74. The van der Waals surface area contributed by atoms with Gasteiger partial charge in [-0.2, -0.15) is 0 Å². The molecule has 0 spiro atoms. The Labute approximate surface area is 124 Å². The van der Waals surface area contributed by atoms with Crippen LogP contribution in [0.1, 0.15) is 17.1 Å². The van der Waals surface area contributed by atoms with E-state index in [1.807, 2.05) is 12.1 Å². The fraction of sp³-hybridized carbons (Fsp3) is 0.438. The van der Waals surface area contributed by atoms with Crippen molar-refractivity contribution in [1.82, 2.24) is 19.4 Å². The Balaban J connectivity index is 1.66. The van der Waals surface area contributed by atoms with E-state index in [1.54, 1.807) is 0 Å². The van der Waals surface area contributed by atoms with E-state index in [2.05, 4.69) is 34.7 Å². The molecule has 2 aromatic rings. The molecule has 4 nitrogen and oxygen atoms in total. The van der Waals surface area contributed by atoms with E-state index < -0.39 is 0 Å². The van der Waals surface area contributed by atoms with Crippen LogP contribution >= 0.6 is 0 Å². The van der Waals surface area contributed by atoms with Gasteiger partial charge >= 0.3 is 0 Å². The van der Waals surface area contributed by atoms with Gasteiger partial charge in [0.1, 0.15) is 11.6 Å². The molecular weight excluding hydrogens is 267 g/mol. The minimum atomic E-state index is -0.179. The summed E-state index contributed by atoms with van der Waals surface area (Å²) in [7, 11) is 4.11. The summed E-state index contributed by atoms with van der Waals surface area (Å²) in [5.74, 6) is 0.946. The standard InChI is InChI=1S/C16H21FN4/c1-19(2)10-15-11-21-8-7-20(12-16(21)18-15)9-13-3-5-14(17)6-4-13/h3-6,11H,7-10,12H2,1-2H3. The maximum atomic E-state index is 12.9. The molecule has 0 aliphatic carbocycles. The molecule has 2 heterocycles. The van der Waals surface area contributed by atoms with E-state index in [1.165, 1.54) is 12.1 Å². The van der Waals surface area contributed by atoms with Gasteiger partial charge in [0.05, 0.1) is 12.2 Å². The molecule has 0 amide bonds. The van der Waals surface area contributed by atoms with Crippen molar-refractivity contribution in [2.75, 3.05) is 20.6 Å². The van der Waals surface area contributed by atoms with Crippen LogP contribution in [0.25, 0.3) is 0 Å². The molecule has 0 fully saturated rings. The normalized spacial score (nSPS) is 15.4. The average Bonchev–Trinajstić information content (AvgIpc) is 2.82. The Morgan fingerprint density at radius 1 is 1.19 bits per heavy atom. The van der Waals surface area contributed by atoms with Crippen LogP contribution in [0.5, 0.6) is 0 Å². The molecule has 21 heavy (non-hydrogen) atoms. The van der Waals surface area contributed by atoms with Crippen molar-refractivity contribution in [2.24, 2.45) is 0 Å². The summed E-state index contributed by atoms with van der Waals surface area (Å²) >= 11 is 0. The fourth-order valence-electron chi connectivity index (χ4n) is 2.74. The second-order valence-electron chi connectivity index (χ2n) is 5.92. The van der Waals surface area contributed by atoms with Crippen LogP contribution in [0.2, 0.25) is 0 Å². The molecule has 0 radical (unpaired) electrons. The second kappa shape index (κ2) is 5.95. The molecule has 5 heteroatoms. The second-order valence-corrected chi connectivity index (χ2v) is 5.92. The van der Waals surface area contributed by atoms with Gasteiger partial charge in [-0.15, -0.1) is 0 Å². The lowest BCUT2D eigenvalue weighted by Crippen LogP contribution is -2.33. The Morgan fingerprint density at radius 3 is 2.67 bits per heavy atom. The SMILES string of the molecule is CN(C)Cc1cn2c(n1)CN(Cc1ccc(F)cc1)CC2. The number of rotatable bonds is 4. The average molecular weight is 288 g/mol. The number of fused-ring (bicyclic) bond motifs is 1. The zero-order valence-corrected chi connectivity index (χ0v) is 12.6. The van der Waals surface area contributed by atoms with Crippen molar-refractivity contribution in [3.8, 4) is 0 Å². The van der Waals surface area contributed by atoms with E-state index in [0.717, 1.165) is 49.8 Å². The van der Waals surface area contributed by atoms with E-state index in [9.17, 15) is 4.39 Å². The molecule has 1 aromatic heterocycles. The first-order chi connectivity index (χ1) is 10.1. The zero-order chi connectivity index (χ0) is 14.8. The number of nitrogens with zero attached hydrogens (tertiary/aromatic N) is 4. The Hall–Kier alpha value is -1.72. The number of benzene rings is 1. The van der Waals surface area contributed by atoms with Gasteiger partial charge in [0.2, 0.25) is 0 Å². The van der Waals surface area contributed by atoms with Crippen LogP contribution in [0, 0.1) is 5.82 Å². The van der Waals surface area contributed by atoms with E-state index in [-0.39, 0.29) is 5.82 Å². The summed E-state index contributed by atoms with van der Waals surface area (Å²) in [6.45, 7) is 4.54. The monoisotopic (exact) mass is 288 g/mol. The third-order valence-corrected chi connectivity index (χ3v) is 3.73. The largest absolute Gasteiger partial charge is 0.332 e. The van der Waals surface area contributed by atoms with Gasteiger partial charge in [0.25, 0.3) is 0 Å². The topological polar surface area (TPSA) is 24.3 Å². The smallest absolute Gasteiger partial charge is 0.123 e. The Morgan fingerprint density at radius 2 is 1.95 bits per heavy atom. The minimum Gasteiger partial charge on any atom is -0.332 e. The number of halogens is 1. The number of imidazole rings is 1. The first kappa shape index (κ1) is 14.2. The van der Waals surface area contributed by atoms with Crippen molar-refractivity contribution in [3.63, 3.8) is 0 Å². The molecular formula is C16H21FN4. The first-order valence-electron chi connectivity index (χ1n) is 7.26. The summed E-state index contributed by atoms with van der Waals surface area (Å²) in [5, 5.41) is 0. The van der Waals surface area contributed by atoms with Crippen LogP contribution < -0.4 is 0 Å². The third kappa shape index (κ3) is 3.49. The van der Waals surface area contributed by atoms with Gasteiger partial charge in [-0.1, -0.05) is 12.1 Å². The lowest BCUT2D eigenvalue weighted by molar-refractivity contribution is 0.209. The maximum absolute atomic E-state index is 12.9. The highest BCUT2D eigenvalue weighted by Gasteiger charge is 2.18. The van der Waals surface area contributed by atoms with E-state index in [4.69, 9.17) is 4.98 Å². The van der Waals surface area contributed by atoms with Crippen LogP contribution in [-0.2, 0) is 26.2 Å². The third-order valence-electron chi connectivity index (χ3n) is 3.73. The molecule has 0 atom stereocenters. The summed E-state index contributed by atoms with van der Waals surface area (Å²) in [6, 6.07) is 6.76. The molecule has 3 rings (SSSR count). The number of hydrogen-bond donors (Lipinski definition) is 0. The summed E-state index contributed by atoms with van der Waals surface area (Å²) in [4.78, 5) is 9.20. The molecule has 112 valence electrons. The van der Waals surface area contributed by atoms with Gasteiger partial charge in [-0.3, -0.25) is 4.90 Å². The van der Waals surface area contributed by atoms with Crippen molar-refractivity contribution in [2.45, 2.75) is 26.2 Å². The Kier molecular flexibility index (Phi) is 4.03. The summed E-state index contributed by atoms with van der Waals surface area (Å²) in [6.07, 6.45) is 2.16. The zero-order valence-electron chi connectivity index (χ0n) is 12.6. The van der Waals surface area contributed by atoms with Crippen LogP contribution in [0.4, 0.5) is 4.39 Å². The molecule has 0 saturated heterocycles. The van der Waals surface area contributed by atoms with Crippen molar-refractivity contribution in [3.05, 3.63) is 53.4 Å². The van der Waals surface area contributed by atoms with E-state index >= 15 is 0 Å². The molecule has 1 aliphatic rings. The minimum absolute atomic E-state index is 0.179. The molecule has 1 aliphatic heterocycles. The molecule has 0 bridgehead atoms. The van der Waals surface area contributed by atoms with Crippen molar-refractivity contribution in [1.29, 1.82) is 0 Å². The highest BCUT2D eigenvalue weighted by molar-refractivity contribution is 5.16. The summed E-state index contributed by atoms with van der Waals surface area (Å²) in [5.41, 5.74) is 2.27. The van der Waals surface area contributed by atoms with Gasteiger partial charge in [0, 0.05) is 32.4 Å². The predicted molar refractivity (Wildman–Crippen MR) is 80.1 cm³/mol. The number of aromatic nitrogens is 2. The predicted octanol–water partition coefficient (Wildman–Crippen LogP) is 2.10. The van der Waals surface area contributed by atoms with E-state index in [0.29, 0.717) is 0 Å². The Bertz CT molecular complexity index is 603. The van der Waals surface area contributed by atoms with Gasteiger partial charge < -0.3 is 9.47 Å².